The second-order valence-corrected chi connectivity index (χ2v) is 3.10. The molecule has 0 rings (SSSR count). The average molecular weight is 172 g/mol. The molecule has 4 nitrogen and oxygen atoms in total. The molecule has 0 radical (unpaired) electrons. The maximum absolute atomic E-state index is 11.0. The Morgan fingerprint density at radius 1 is 1.42 bits per heavy atom. The van der Waals surface area contributed by atoms with Gasteiger partial charge in [-0.15, -0.1) is 0 Å². The highest BCUT2D eigenvalue weighted by molar-refractivity contribution is 5.82. The van der Waals surface area contributed by atoms with Gasteiger partial charge in [-0.2, -0.15) is 0 Å². The lowest BCUT2D eigenvalue weighted by atomic mass is 10.1. The quantitative estimate of drug-likeness (QED) is 0.623. The van der Waals surface area contributed by atoms with Crippen molar-refractivity contribution in [2.24, 2.45) is 5.73 Å². The van der Waals surface area contributed by atoms with Crippen LogP contribution in [0.1, 0.15) is 19.8 Å². The summed E-state index contributed by atoms with van der Waals surface area (Å²) >= 11 is 0. The highest BCUT2D eigenvalue weighted by Gasteiger charge is 2.16. The lowest BCUT2D eigenvalue weighted by molar-refractivity contribution is -0.122. The standard InChI is InChI=1S/C8H16N2O2/c1-6(11)7(10(2)3)4-5-8(9)12/h7H,4-5H2,1-3H3,(H2,9,12)/t7-/m0/s1. The molecule has 0 aliphatic heterocycles. The van der Waals surface area contributed by atoms with Crippen molar-refractivity contribution in [2.75, 3.05) is 14.1 Å². The van der Waals surface area contributed by atoms with Crippen molar-refractivity contribution in [1.29, 1.82) is 0 Å². The number of likely N-dealkylation sites (N-methyl/N-ethyl adjacent to an activating group) is 1. The van der Waals surface area contributed by atoms with Crippen LogP contribution in [0.15, 0.2) is 0 Å². The zero-order valence-corrected chi connectivity index (χ0v) is 7.83. The smallest absolute Gasteiger partial charge is 0.217 e. The van der Waals surface area contributed by atoms with E-state index in [9.17, 15) is 9.59 Å². The largest absolute Gasteiger partial charge is 0.370 e. The van der Waals surface area contributed by atoms with Gasteiger partial charge in [-0.25, -0.2) is 0 Å². The number of nitrogens with two attached hydrogens (primary N) is 1. The van der Waals surface area contributed by atoms with Crippen molar-refractivity contribution in [1.82, 2.24) is 4.90 Å². The molecule has 1 amide bonds. The number of primary amides is 1. The van der Waals surface area contributed by atoms with Crippen molar-refractivity contribution in [3.05, 3.63) is 0 Å². The molecule has 0 saturated heterocycles. The molecule has 4 heteroatoms. The predicted octanol–water partition coefficient (Wildman–Crippen LogP) is -0.229. The second kappa shape index (κ2) is 4.87. The number of ketones is 1. The molecule has 12 heavy (non-hydrogen) atoms. The fraction of sp³-hybridized carbons (Fsp3) is 0.750. The molecule has 0 bridgehead atoms. The summed E-state index contributed by atoms with van der Waals surface area (Å²) in [4.78, 5) is 23.2. The van der Waals surface area contributed by atoms with Crippen LogP contribution in [-0.4, -0.2) is 36.7 Å². The van der Waals surface area contributed by atoms with Gasteiger partial charge in [0.2, 0.25) is 5.91 Å². The Kier molecular flexibility index (Phi) is 4.51. The molecule has 0 aromatic heterocycles. The molecule has 0 aliphatic carbocycles. The number of rotatable bonds is 5. The molecule has 70 valence electrons. The van der Waals surface area contributed by atoms with Gasteiger partial charge in [0, 0.05) is 6.42 Å². The van der Waals surface area contributed by atoms with Crippen molar-refractivity contribution in [2.45, 2.75) is 25.8 Å². The van der Waals surface area contributed by atoms with E-state index in [-0.39, 0.29) is 24.2 Å². The first-order chi connectivity index (χ1) is 5.45. The molecule has 0 aliphatic rings. The molecule has 0 aromatic carbocycles. The zero-order chi connectivity index (χ0) is 9.72. The van der Waals surface area contributed by atoms with Crippen LogP contribution < -0.4 is 5.73 Å². The van der Waals surface area contributed by atoms with Crippen molar-refractivity contribution < 1.29 is 9.59 Å². The van der Waals surface area contributed by atoms with E-state index in [2.05, 4.69) is 0 Å². The van der Waals surface area contributed by atoms with Gasteiger partial charge in [0.15, 0.2) is 0 Å². The summed E-state index contributed by atoms with van der Waals surface area (Å²) in [5.74, 6) is -0.288. The van der Waals surface area contributed by atoms with E-state index < -0.39 is 0 Å². The maximum Gasteiger partial charge on any atom is 0.217 e. The molecular formula is C8H16N2O2. The van der Waals surface area contributed by atoms with Crippen LogP contribution in [-0.2, 0) is 9.59 Å². The van der Waals surface area contributed by atoms with Gasteiger partial charge in [-0.3, -0.25) is 14.5 Å². The van der Waals surface area contributed by atoms with Crippen LogP contribution in [0.4, 0.5) is 0 Å². The van der Waals surface area contributed by atoms with E-state index in [0.29, 0.717) is 6.42 Å². The number of hydrogen-bond donors (Lipinski definition) is 1. The molecule has 0 spiro atoms. The Hall–Kier alpha value is -0.900. The molecule has 1 atom stereocenters. The molecule has 0 unspecified atom stereocenters. The summed E-state index contributed by atoms with van der Waals surface area (Å²) in [7, 11) is 3.63. The maximum atomic E-state index is 11.0. The van der Waals surface area contributed by atoms with Crippen molar-refractivity contribution >= 4 is 11.7 Å². The summed E-state index contributed by atoms with van der Waals surface area (Å²) < 4.78 is 0. The first kappa shape index (κ1) is 11.1. The number of amides is 1. The Balaban J connectivity index is 3.97. The molecule has 0 saturated carbocycles. The summed E-state index contributed by atoms with van der Waals surface area (Å²) in [5, 5.41) is 0. The summed E-state index contributed by atoms with van der Waals surface area (Å²) in [6, 6.07) is -0.183. The number of nitrogens with zero attached hydrogens (tertiary/aromatic N) is 1. The summed E-state index contributed by atoms with van der Waals surface area (Å²) in [5.41, 5.74) is 4.97. The zero-order valence-electron chi connectivity index (χ0n) is 7.83. The van der Waals surface area contributed by atoms with Gasteiger partial charge >= 0.3 is 0 Å². The first-order valence-corrected chi connectivity index (χ1v) is 3.90. The lowest BCUT2D eigenvalue weighted by Gasteiger charge is -2.20. The summed E-state index contributed by atoms with van der Waals surface area (Å²) in [6.45, 7) is 1.52. The van der Waals surface area contributed by atoms with Crippen molar-refractivity contribution in [3.8, 4) is 0 Å². The van der Waals surface area contributed by atoms with Crippen LogP contribution in [0, 0.1) is 0 Å². The monoisotopic (exact) mass is 172 g/mol. The SMILES string of the molecule is CC(=O)[C@H](CCC(N)=O)N(C)C. The Morgan fingerprint density at radius 3 is 2.17 bits per heavy atom. The van der Waals surface area contributed by atoms with Crippen LogP contribution in [0.5, 0.6) is 0 Å². The highest BCUT2D eigenvalue weighted by atomic mass is 16.1. The van der Waals surface area contributed by atoms with Crippen LogP contribution in [0.3, 0.4) is 0 Å². The molecular weight excluding hydrogens is 156 g/mol. The van der Waals surface area contributed by atoms with E-state index in [1.54, 1.807) is 4.90 Å². The number of carbonyl (C=O) groups is 2. The molecule has 0 aromatic rings. The Labute approximate surface area is 72.7 Å². The van der Waals surface area contributed by atoms with E-state index in [1.807, 2.05) is 14.1 Å². The predicted molar refractivity (Wildman–Crippen MR) is 46.6 cm³/mol. The van der Waals surface area contributed by atoms with Gasteiger partial charge in [0.25, 0.3) is 0 Å². The van der Waals surface area contributed by atoms with Gasteiger partial charge in [0.1, 0.15) is 5.78 Å². The lowest BCUT2D eigenvalue weighted by Crippen LogP contribution is -2.35. The third-order valence-corrected chi connectivity index (χ3v) is 1.76. The van der Waals surface area contributed by atoms with Gasteiger partial charge < -0.3 is 5.73 Å². The molecule has 2 N–H and O–H groups in total. The van der Waals surface area contributed by atoms with Crippen LogP contribution in [0.25, 0.3) is 0 Å². The third kappa shape index (κ3) is 4.08. The third-order valence-electron chi connectivity index (χ3n) is 1.76. The number of hydrogen-bond acceptors (Lipinski definition) is 3. The van der Waals surface area contributed by atoms with Crippen LogP contribution >= 0.6 is 0 Å². The Morgan fingerprint density at radius 2 is 1.92 bits per heavy atom. The van der Waals surface area contributed by atoms with E-state index in [1.165, 1.54) is 6.92 Å². The number of Topliss-reactive ketones (excluding diaryl/α,β-unsaturated/α-hetero) is 1. The topological polar surface area (TPSA) is 63.4 Å². The fourth-order valence-electron chi connectivity index (χ4n) is 1.10. The van der Waals surface area contributed by atoms with Crippen molar-refractivity contribution in [3.63, 3.8) is 0 Å². The normalized spacial score (nSPS) is 13.0. The van der Waals surface area contributed by atoms with Gasteiger partial charge in [-0.05, 0) is 27.4 Å². The Bertz CT molecular complexity index is 178. The minimum Gasteiger partial charge on any atom is -0.370 e. The minimum atomic E-state index is -0.358. The second-order valence-electron chi connectivity index (χ2n) is 3.10. The molecule has 0 heterocycles. The van der Waals surface area contributed by atoms with E-state index in [0.717, 1.165) is 0 Å². The average Bonchev–Trinajstić information content (AvgIpc) is 1.84. The minimum absolute atomic E-state index is 0.0706. The highest BCUT2D eigenvalue weighted by Crippen LogP contribution is 2.03. The number of carbonyl (C=O) groups excluding carboxylic acids is 2. The van der Waals surface area contributed by atoms with Gasteiger partial charge in [0.05, 0.1) is 6.04 Å². The first-order valence-electron chi connectivity index (χ1n) is 3.90. The molecule has 0 fully saturated rings. The van der Waals surface area contributed by atoms with E-state index >= 15 is 0 Å². The summed E-state index contributed by atoms with van der Waals surface area (Å²) in [6.07, 6.45) is 0.778. The van der Waals surface area contributed by atoms with Crippen LogP contribution in [0.2, 0.25) is 0 Å². The van der Waals surface area contributed by atoms with E-state index in [4.69, 9.17) is 5.73 Å². The van der Waals surface area contributed by atoms with Gasteiger partial charge in [-0.1, -0.05) is 0 Å². The fourth-order valence-corrected chi connectivity index (χ4v) is 1.10.